The van der Waals surface area contributed by atoms with E-state index in [0.29, 0.717) is 28.8 Å². The third kappa shape index (κ3) is 6.86. The first-order valence-corrected chi connectivity index (χ1v) is 9.39. The average Bonchev–Trinajstić information content (AvgIpc) is 2.58. The lowest BCUT2D eigenvalue weighted by molar-refractivity contribution is -0.121. The normalized spacial score (nSPS) is 11.9. The summed E-state index contributed by atoms with van der Waals surface area (Å²) >= 11 is 12.0. The molecule has 1 unspecified atom stereocenters. The Hall–Kier alpha value is -2.08. The van der Waals surface area contributed by atoms with Gasteiger partial charge in [-0.3, -0.25) is 14.5 Å². The van der Waals surface area contributed by atoms with Gasteiger partial charge < -0.3 is 10.6 Å². The monoisotopic (exact) mass is 407 g/mol. The Labute approximate surface area is 169 Å². The predicted octanol–water partition coefficient (Wildman–Crippen LogP) is 4.13. The standard InChI is InChI=1S/C20H23Cl2N3O2/c1-14(26)23-9-6-10-25(2)19(15-7-4-3-5-8-15)20(27)24-18-12-16(21)11-17(22)13-18/h3-5,7-8,11-13,19H,6,9-10H2,1-2H3,(H,23,26)(H,24,27). The molecular formula is C20H23Cl2N3O2. The van der Waals surface area contributed by atoms with Crippen molar-refractivity contribution in [2.75, 3.05) is 25.5 Å². The van der Waals surface area contributed by atoms with Crippen LogP contribution in [0.15, 0.2) is 48.5 Å². The van der Waals surface area contributed by atoms with Crippen LogP contribution in [0.1, 0.15) is 24.9 Å². The van der Waals surface area contributed by atoms with Gasteiger partial charge in [0.1, 0.15) is 6.04 Å². The van der Waals surface area contributed by atoms with Crippen LogP contribution in [0.2, 0.25) is 10.0 Å². The average molecular weight is 408 g/mol. The van der Waals surface area contributed by atoms with Crippen molar-refractivity contribution >= 4 is 40.7 Å². The van der Waals surface area contributed by atoms with E-state index in [1.807, 2.05) is 42.3 Å². The fourth-order valence-electron chi connectivity index (χ4n) is 2.80. The lowest BCUT2D eigenvalue weighted by Gasteiger charge is -2.27. The number of halogens is 2. The molecule has 2 amide bonds. The van der Waals surface area contributed by atoms with Crippen LogP contribution in [-0.4, -0.2) is 36.9 Å². The van der Waals surface area contributed by atoms with Crippen molar-refractivity contribution in [1.82, 2.24) is 10.2 Å². The summed E-state index contributed by atoms with van der Waals surface area (Å²) < 4.78 is 0. The summed E-state index contributed by atoms with van der Waals surface area (Å²) in [5.41, 5.74) is 1.43. The first kappa shape index (κ1) is 21.2. The Kier molecular flexibility index (Phi) is 8.10. The Morgan fingerprint density at radius 1 is 1.07 bits per heavy atom. The maximum absolute atomic E-state index is 13.0. The van der Waals surface area contributed by atoms with Crippen LogP contribution in [0.25, 0.3) is 0 Å². The summed E-state index contributed by atoms with van der Waals surface area (Å²) in [5, 5.41) is 6.57. The van der Waals surface area contributed by atoms with E-state index in [4.69, 9.17) is 23.2 Å². The summed E-state index contributed by atoms with van der Waals surface area (Å²) in [4.78, 5) is 26.0. The zero-order chi connectivity index (χ0) is 19.8. The molecule has 2 aromatic carbocycles. The molecule has 0 aliphatic carbocycles. The molecule has 0 fully saturated rings. The largest absolute Gasteiger partial charge is 0.356 e. The molecule has 0 saturated carbocycles. The third-order valence-corrected chi connectivity index (χ3v) is 4.43. The Morgan fingerprint density at radius 3 is 2.30 bits per heavy atom. The number of benzene rings is 2. The van der Waals surface area contributed by atoms with Gasteiger partial charge in [-0.15, -0.1) is 0 Å². The molecule has 0 aromatic heterocycles. The number of amides is 2. The zero-order valence-electron chi connectivity index (χ0n) is 15.3. The Morgan fingerprint density at radius 2 is 1.70 bits per heavy atom. The maximum Gasteiger partial charge on any atom is 0.246 e. The summed E-state index contributed by atoms with van der Waals surface area (Å²) in [6.45, 7) is 2.69. The highest BCUT2D eigenvalue weighted by Crippen LogP contribution is 2.25. The van der Waals surface area contributed by atoms with Crippen LogP contribution in [-0.2, 0) is 9.59 Å². The molecule has 0 bridgehead atoms. The number of carbonyl (C=O) groups excluding carboxylic acids is 2. The van der Waals surface area contributed by atoms with E-state index in [0.717, 1.165) is 12.0 Å². The molecule has 5 nitrogen and oxygen atoms in total. The molecule has 7 heteroatoms. The number of carbonyl (C=O) groups is 2. The number of hydrogen-bond acceptors (Lipinski definition) is 3. The molecule has 0 saturated heterocycles. The Bertz CT molecular complexity index is 764. The molecule has 144 valence electrons. The van der Waals surface area contributed by atoms with Crippen molar-refractivity contribution in [3.8, 4) is 0 Å². The maximum atomic E-state index is 13.0. The van der Waals surface area contributed by atoms with Gasteiger partial charge in [0.25, 0.3) is 0 Å². The summed E-state index contributed by atoms with van der Waals surface area (Å²) in [7, 11) is 1.88. The summed E-state index contributed by atoms with van der Waals surface area (Å²) in [6.07, 6.45) is 0.732. The van der Waals surface area contributed by atoms with Gasteiger partial charge >= 0.3 is 0 Å². The van der Waals surface area contributed by atoms with Crippen LogP contribution in [0.3, 0.4) is 0 Å². The van der Waals surface area contributed by atoms with Crippen molar-refractivity contribution in [3.63, 3.8) is 0 Å². The molecule has 2 rings (SSSR count). The quantitative estimate of drug-likeness (QED) is 0.646. The van der Waals surface area contributed by atoms with Crippen LogP contribution in [0.5, 0.6) is 0 Å². The van der Waals surface area contributed by atoms with Gasteiger partial charge in [0.2, 0.25) is 11.8 Å². The van der Waals surface area contributed by atoms with E-state index in [1.54, 1.807) is 18.2 Å². The van der Waals surface area contributed by atoms with Gasteiger partial charge in [-0.2, -0.15) is 0 Å². The molecule has 1 atom stereocenters. The van der Waals surface area contributed by atoms with E-state index in [-0.39, 0.29) is 11.8 Å². The first-order chi connectivity index (χ1) is 12.9. The van der Waals surface area contributed by atoms with Gasteiger partial charge in [-0.1, -0.05) is 53.5 Å². The molecule has 0 aliphatic rings. The van der Waals surface area contributed by atoms with Crippen LogP contribution >= 0.6 is 23.2 Å². The molecule has 2 N–H and O–H groups in total. The highest BCUT2D eigenvalue weighted by atomic mass is 35.5. The fourth-order valence-corrected chi connectivity index (χ4v) is 3.33. The van der Waals surface area contributed by atoms with E-state index < -0.39 is 6.04 Å². The number of nitrogens with one attached hydrogen (secondary N) is 2. The van der Waals surface area contributed by atoms with Gasteiger partial charge in [-0.25, -0.2) is 0 Å². The Balaban J connectivity index is 2.14. The highest BCUT2D eigenvalue weighted by molar-refractivity contribution is 6.35. The molecule has 0 radical (unpaired) electrons. The number of likely N-dealkylation sites (N-methyl/N-ethyl adjacent to an activating group) is 1. The van der Waals surface area contributed by atoms with Crippen LogP contribution < -0.4 is 10.6 Å². The molecule has 0 aliphatic heterocycles. The first-order valence-electron chi connectivity index (χ1n) is 8.63. The molecule has 0 spiro atoms. The van der Waals surface area contributed by atoms with E-state index in [9.17, 15) is 9.59 Å². The molecule has 27 heavy (non-hydrogen) atoms. The molecule has 2 aromatic rings. The van der Waals surface area contributed by atoms with Gasteiger partial charge in [-0.05, 0) is 37.2 Å². The second-order valence-corrected chi connectivity index (χ2v) is 7.15. The van der Waals surface area contributed by atoms with Gasteiger partial charge in [0.05, 0.1) is 0 Å². The van der Waals surface area contributed by atoms with E-state index in [2.05, 4.69) is 10.6 Å². The van der Waals surface area contributed by atoms with Crippen molar-refractivity contribution in [2.24, 2.45) is 0 Å². The molecular weight excluding hydrogens is 385 g/mol. The van der Waals surface area contributed by atoms with Crippen LogP contribution in [0.4, 0.5) is 5.69 Å². The van der Waals surface area contributed by atoms with Crippen molar-refractivity contribution < 1.29 is 9.59 Å². The van der Waals surface area contributed by atoms with Gasteiger partial charge in [0, 0.05) is 35.7 Å². The van der Waals surface area contributed by atoms with Crippen LogP contribution in [0, 0.1) is 0 Å². The van der Waals surface area contributed by atoms with E-state index >= 15 is 0 Å². The van der Waals surface area contributed by atoms with Crippen molar-refractivity contribution in [2.45, 2.75) is 19.4 Å². The lowest BCUT2D eigenvalue weighted by atomic mass is 10.0. The third-order valence-electron chi connectivity index (χ3n) is 4.00. The zero-order valence-corrected chi connectivity index (χ0v) is 16.8. The number of nitrogens with zero attached hydrogens (tertiary/aromatic N) is 1. The number of hydrogen-bond donors (Lipinski definition) is 2. The van der Waals surface area contributed by atoms with Crippen molar-refractivity contribution in [1.29, 1.82) is 0 Å². The van der Waals surface area contributed by atoms with Gasteiger partial charge in [0.15, 0.2) is 0 Å². The highest BCUT2D eigenvalue weighted by Gasteiger charge is 2.25. The van der Waals surface area contributed by atoms with E-state index in [1.165, 1.54) is 6.92 Å². The summed E-state index contributed by atoms with van der Waals surface area (Å²) in [5.74, 6) is -0.241. The van der Waals surface area contributed by atoms with Crippen molar-refractivity contribution in [3.05, 3.63) is 64.1 Å². The topological polar surface area (TPSA) is 61.4 Å². The smallest absolute Gasteiger partial charge is 0.246 e. The minimum atomic E-state index is -0.485. The predicted molar refractivity (Wildman–Crippen MR) is 110 cm³/mol. The SMILES string of the molecule is CC(=O)NCCCN(C)C(C(=O)Nc1cc(Cl)cc(Cl)c1)c1ccccc1. The second-order valence-electron chi connectivity index (χ2n) is 6.28. The second kappa shape index (κ2) is 10.3. The minimum Gasteiger partial charge on any atom is -0.356 e. The molecule has 0 heterocycles. The number of anilines is 1. The summed E-state index contributed by atoms with van der Waals surface area (Å²) in [6, 6.07) is 14.0. The minimum absolute atomic E-state index is 0.0622. The lowest BCUT2D eigenvalue weighted by Crippen LogP contribution is -2.36. The number of rotatable bonds is 8. The fraction of sp³-hybridized carbons (Fsp3) is 0.300.